The zero-order valence-corrected chi connectivity index (χ0v) is 10.9. The summed E-state index contributed by atoms with van der Waals surface area (Å²) in [7, 11) is 1.37. The number of hydrogen-bond acceptors (Lipinski definition) is 4. The molecule has 0 aliphatic carbocycles. The van der Waals surface area contributed by atoms with E-state index >= 15 is 0 Å². The van der Waals surface area contributed by atoms with Crippen molar-refractivity contribution in [3.8, 4) is 0 Å². The smallest absolute Gasteiger partial charge is 0.338 e. The second-order valence-electron chi connectivity index (χ2n) is 4.79. The van der Waals surface area contributed by atoms with Gasteiger partial charge in [-0.25, -0.2) is 9.78 Å². The maximum Gasteiger partial charge on any atom is 0.338 e. The van der Waals surface area contributed by atoms with E-state index in [0.717, 1.165) is 13.0 Å². The summed E-state index contributed by atoms with van der Waals surface area (Å²) in [6.45, 7) is 7.34. The van der Waals surface area contributed by atoms with Crippen LogP contribution in [-0.2, 0) is 4.74 Å². The summed E-state index contributed by atoms with van der Waals surface area (Å²) in [6, 6.07) is 3.35. The van der Waals surface area contributed by atoms with Gasteiger partial charge < -0.3 is 10.1 Å². The number of aromatic nitrogens is 1. The Balaban J connectivity index is 2.70. The Labute approximate surface area is 102 Å². The number of ether oxygens (including phenoxy) is 1. The molecule has 0 unspecified atom stereocenters. The number of hydrogen-bond donors (Lipinski definition) is 1. The first-order valence-corrected chi connectivity index (χ1v) is 5.77. The van der Waals surface area contributed by atoms with E-state index < -0.39 is 0 Å². The topological polar surface area (TPSA) is 51.2 Å². The SMILES string of the molecule is CCC(C)(C)CNc1cc(C(=O)OC)ccn1. The summed E-state index contributed by atoms with van der Waals surface area (Å²) in [4.78, 5) is 15.5. The molecular weight excluding hydrogens is 216 g/mol. The molecule has 94 valence electrons. The Hall–Kier alpha value is -1.58. The molecular formula is C13H20N2O2. The average molecular weight is 236 g/mol. The third kappa shape index (κ3) is 4.06. The largest absolute Gasteiger partial charge is 0.465 e. The molecule has 4 heteroatoms. The van der Waals surface area contributed by atoms with Crippen molar-refractivity contribution >= 4 is 11.8 Å². The molecule has 1 aromatic rings. The monoisotopic (exact) mass is 236 g/mol. The van der Waals surface area contributed by atoms with Crippen molar-refractivity contribution in [2.75, 3.05) is 19.0 Å². The number of esters is 1. The molecule has 17 heavy (non-hydrogen) atoms. The molecule has 0 spiro atoms. The van der Waals surface area contributed by atoms with Gasteiger partial charge in [-0.1, -0.05) is 20.8 Å². The summed E-state index contributed by atoms with van der Waals surface area (Å²) in [5.41, 5.74) is 0.725. The van der Waals surface area contributed by atoms with Gasteiger partial charge >= 0.3 is 5.97 Å². The number of rotatable bonds is 5. The minimum absolute atomic E-state index is 0.211. The fraction of sp³-hybridized carbons (Fsp3) is 0.538. The lowest BCUT2D eigenvalue weighted by atomic mass is 9.90. The van der Waals surface area contributed by atoms with Gasteiger partial charge in [-0.05, 0) is 24.0 Å². The van der Waals surface area contributed by atoms with Crippen LogP contribution in [0.1, 0.15) is 37.6 Å². The quantitative estimate of drug-likeness (QED) is 0.799. The second-order valence-corrected chi connectivity index (χ2v) is 4.79. The van der Waals surface area contributed by atoms with Crippen LogP contribution in [0.4, 0.5) is 5.82 Å². The Bertz CT molecular complexity index is 389. The molecule has 1 heterocycles. The van der Waals surface area contributed by atoms with Gasteiger partial charge in [0.15, 0.2) is 0 Å². The summed E-state index contributed by atoms with van der Waals surface area (Å²) in [6.07, 6.45) is 2.68. The van der Waals surface area contributed by atoms with Gasteiger partial charge in [0.05, 0.1) is 12.7 Å². The number of methoxy groups -OCH3 is 1. The van der Waals surface area contributed by atoms with Gasteiger partial charge in [-0.3, -0.25) is 0 Å². The molecule has 0 atom stereocenters. The first-order chi connectivity index (χ1) is 7.98. The van der Waals surface area contributed by atoms with Crippen LogP contribution in [0.5, 0.6) is 0 Å². The fourth-order valence-electron chi connectivity index (χ4n) is 1.23. The highest BCUT2D eigenvalue weighted by molar-refractivity contribution is 5.89. The molecule has 1 N–H and O–H groups in total. The fourth-order valence-corrected chi connectivity index (χ4v) is 1.23. The highest BCUT2D eigenvalue weighted by Crippen LogP contribution is 2.20. The van der Waals surface area contributed by atoms with Crippen LogP contribution < -0.4 is 5.32 Å². The van der Waals surface area contributed by atoms with Crippen LogP contribution >= 0.6 is 0 Å². The van der Waals surface area contributed by atoms with Gasteiger partial charge in [0, 0.05) is 12.7 Å². The highest BCUT2D eigenvalue weighted by Gasteiger charge is 2.15. The molecule has 0 saturated heterocycles. The van der Waals surface area contributed by atoms with Gasteiger partial charge in [0.25, 0.3) is 0 Å². The lowest BCUT2D eigenvalue weighted by molar-refractivity contribution is 0.0600. The lowest BCUT2D eigenvalue weighted by Gasteiger charge is -2.23. The minimum atomic E-state index is -0.342. The standard InChI is InChI=1S/C13H20N2O2/c1-5-13(2,3)9-15-11-8-10(6-7-14-11)12(16)17-4/h6-8H,5,9H2,1-4H3,(H,14,15). The Kier molecular flexibility index (Phi) is 4.49. The normalized spacial score (nSPS) is 11.1. The van der Waals surface area contributed by atoms with E-state index in [9.17, 15) is 4.79 Å². The molecule has 0 radical (unpaired) electrons. The van der Waals surface area contributed by atoms with Crippen molar-refractivity contribution in [3.63, 3.8) is 0 Å². The first kappa shape index (κ1) is 13.5. The van der Waals surface area contributed by atoms with E-state index in [1.165, 1.54) is 7.11 Å². The Morgan fingerprint density at radius 1 is 1.53 bits per heavy atom. The molecule has 0 bridgehead atoms. The van der Waals surface area contributed by atoms with Crippen molar-refractivity contribution in [1.29, 1.82) is 0 Å². The molecule has 0 aliphatic heterocycles. The molecule has 0 amide bonds. The third-order valence-corrected chi connectivity index (χ3v) is 2.89. The van der Waals surface area contributed by atoms with Crippen molar-refractivity contribution in [2.45, 2.75) is 27.2 Å². The van der Waals surface area contributed by atoms with Crippen LogP contribution in [0.15, 0.2) is 18.3 Å². The molecule has 0 aromatic carbocycles. The maximum absolute atomic E-state index is 11.3. The van der Waals surface area contributed by atoms with Crippen molar-refractivity contribution in [1.82, 2.24) is 4.98 Å². The molecule has 4 nitrogen and oxygen atoms in total. The van der Waals surface area contributed by atoms with E-state index in [1.54, 1.807) is 18.3 Å². The third-order valence-electron chi connectivity index (χ3n) is 2.89. The van der Waals surface area contributed by atoms with Crippen molar-refractivity contribution in [2.24, 2.45) is 5.41 Å². The number of carbonyl (C=O) groups is 1. The predicted molar refractivity (Wildman–Crippen MR) is 68.1 cm³/mol. The van der Waals surface area contributed by atoms with Crippen LogP contribution in [-0.4, -0.2) is 24.6 Å². The first-order valence-electron chi connectivity index (χ1n) is 5.77. The Morgan fingerprint density at radius 3 is 2.82 bits per heavy atom. The summed E-state index contributed by atoms with van der Waals surface area (Å²) in [5, 5.41) is 3.24. The molecule has 0 aliphatic rings. The number of nitrogens with one attached hydrogen (secondary N) is 1. The zero-order valence-electron chi connectivity index (χ0n) is 10.9. The van der Waals surface area contributed by atoms with Gasteiger partial charge in [0.1, 0.15) is 5.82 Å². The van der Waals surface area contributed by atoms with E-state index in [1.807, 2.05) is 0 Å². The van der Waals surface area contributed by atoms with E-state index in [4.69, 9.17) is 0 Å². The maximum atomic E-state index is 11.3. The second kappa shape index (κ2) is 5.66. The van der Waals surface area contributed by atoms with E-state index in [0.29, 0.717) is 11.4 Å². The minimum Gasteiger partial charge on any atom is -0.465 e. The van der Waals surface area contributed by atoms with Crippen LogP contribution in [0.25, 0.3) is 0 Å². The lowest BCUT2D eigenvalue weighted by Crippen LogP contribution is -2.22. The highest BCUT2D eigenvalue weighted by atomic mass is 16.5. The number of anilines is 1. The zero-order chi connectivity index (χ0) is 12.9. The van der Waals surface area contributed by atoms with Crippen LogP contribution in [0.3, 0.4) is 0 Å². The molecule has 1 rings (SSSR count). The number of carbonyl (C=O) groups excluding carboxylic acids is 1. The van der Waals surface area contributed by atoms with Crippen LogP contribution in [0, 0.1) is 5.41 Å². The van der Waals surface area contributed by atoms with Crippen molar-refractivity contribution in [3.05, 3.63) is 23.9 Å². The van der Waals surface area contributed by atoms with Crippen molar-refractivity contribution < 1.29 is 9.53 Å². The summed E-state index contributed by atoms with van der Waals surface area (Å²) >= 11 is 0. The van der Waals surface area contributed by atoms with Gasteiger partial charge in [-0.15, -0.1) is 0 Å². The molecule has 0 saturated carbocycles. The average Bonchev–Trinajstić information content (AvgIpc) is 2.36. The van der Waals surface area contributed by atoms with Gasteiger partial charge in [-0.2, -0.15) is 0 Å². The molecule has 0 fully saturated rings. The number of pyridine rings is 1. The Morgan fingerprint density at radius 2 is 2.24 bits per heavy atom. The summed E-state index contributed by atoms with van der Waals surface area (Å²) in [5.74, 6) is 0.361. The van der Waals surface area contributed by atoms with E-state index in [2.05, 4.69) is 35.8 Å². The predicted octanol–water partition coefficient (Wildman–Crippen LogP) is 2.72. The van der Waals surface area contributed by atoms with Crippen LogP contribution in [0.2, 0.25) is 0 Å². The molecule has 1 aromatic heterocycles. The van der Waals surface area contributed by atoms with E-state index in [-0.39, 0.29) is 11.4 Å². The number of nitrogens with zero attached hydrogens (tertiary/aromatic N) is 1. The van der Waals surface area contributed by atoms with Gasteiger partial charge in [0.2, 0.25) is 0 Å². The summed E-state index contributed by atoms with van der Waals surface area (Å²) < 4.78 is 4.66.